The van der Waals surface area contributed by atoms with Crippen molar-refractivity contribution in [3.05, 3.63) is 87.8 Å². The van der Waals surface area contributed by atoms with Gasteiger partial charge in [-0.1, -0.05) is 17.7 Å². The lowest BCUT2D eigenvalue weighted by atomic mass is 10.1. The van der Waals surface area contributed by atoms with Crippen molar-refractivity contribution < 1.29 is 14.6 Å². The molecule has 2 aromatic carbocycles. The molecule has 8 heteroatoms. The molecule has 30 heavy (non-hydrogen) atoms. The van der Waals surface area contributed by atoms with E-state index in [4.69, 9.17) is 16.3 Å². The highest BCUT2D eigenvalue weighted by Gasteiger charge is 2.23. The van der Waals surface area contributed by atoms with Crippen LogP contribution in [0, 0.1) is 0 Å². The highest BCUT2D eigenvalue weighted by Crippen LogP contribution is 2.28. The van der Waals surface area contributed by atoms with E-state index >= 15 is 0 Å². The Hall–Kier alpha value is -3.84. The Morgan fingerprint density at radius 3 is 2.60 bits per heavy atom. The lowest BCUT2D eigenvalue weighted by Gasteiger charge is -2.14. The summed E-state index contributed by atoms with van der Waals surface area (Å²) in [7, 11) is 1.54. The van der Waals surface area contributed by atoms with Crippen molar-refractivity contribution in [3.8, 4) is 17.2 Å². The zero-order chi connectivity index (χ0) is 21.3. The zero-order valence-corrected chi connectivity index (χ0v) is 16.6. The van der Waals surface area contributed by atoms with Crippen molar-refractivity contribution in [3.63, 3.8) is 0 Å². The van der Waals surface area contributed by atoms with Gasteiger partial charge in [0.15, 0.2) is 5.65 Å². The van der Waals surface area contributed by atoms with Crippen LogP contribution in [-0.2, 0) is 0 Å². The third kappa shape index (κ3) is 3.46. The number of aromatic hydroxyl groups is 1. The minimum absolute atomic E-state index is 0.226. The highest BCUT2D eigenvalue weighted by atomic mass is 35.5. The summed E-state index contributed by atoms with van der Waals surface area (Å²) in [4.78, 5) is 30.5. The van der Waals surface area contributed by atoms with E-state index in [-0.39, 0.29) is 11.0 Å². The van der Waals surface area contributed by atoms with Gasteiger partial charge in [-0.2, -0.15) is 0 Å². The third-order valence-electron chi connectivity index (χ3n) is 4.55. The predicted molar refractivity (Wildman–Crippen MR) is 115 cm³/mol. The molecule has 1 amide bonds. The third-order valence-corrected chi connectivity index (χ3v) is 4.78. The molecule has 0 radical (unpaired) electrons. The molecule has 2 heterocycles. The molecule has 150 valence electrons. The second-order valence-electron chi connectivity index (χ2n) is 6.40. The molecule has 0 saturated heterocycles. The molecular weight excluding hydrogens is 406 g/mol. The summed E-state index contributed by atoms with van der Waals surface area (Å²) in [6.45, 7) is 0. The Kier molecular flexibility index (Phi) is 5.12. The first-order chi connectivity index (χ1) is 14.5. The molecule has 0 aliphatic rings. The number of halogens is 1. The molecule has 2 aromatic heterocycles. The molecule has 0 atom stereocenters. The van der Waals surface area contributed by atoms with Gasteiger partial charge < -0.3 is 15.2 Å². The maximum absolute atomic E-state index is 13.3. The van der Waals surface area contributed by atoms with Crippen molar-refractivity contribution in [2.75, 3.05) is 12.4 Å². The normalized spacial score (nSPS) is 10.7. The number of fused-ring (bicyclic) bond motifs is 1. The van der Waals surface area contributed by atoms with E-state index in [1.54, 1.807) is 60.7 Å². The summed E-state index contributed by atoms with van der Waals surface area (Å²) in [5.74, 6) is -0.582. The second-order valence-corrected chi connectivity index (χ2v) is 6.84. The number of nitrogens with zero attached hydrogens (tertiary/aromatic N) is 2. The number of carbonyl (C=O) groups is 1. The van der Waals surface area contributed by atoms with Gasteiger partial charge in [0, 0.05) is 16.9 Å². The number of hydrogen-bond acceptors (Lipinski definition) is 5. The van der Waals surface area contributed by atoms with Crippen LogP contribution in [0.2, 0.25) is 5.02 Å². The average molecular weight is 422 g/mol. The first-order valence-electron chi connectivity index (χ1n) is 8.93. The van der Waals surface area contributed by atoms with Crippen LogP contribution in [0.4, 0.5) is 5.69 Å². The van der Waals surface area contributed by atoms with Crippen molar-refractivity contribution >= 4 is 34.2 Å². The van der Waals surface area contributed by atoms with Crippen LogP contribution in [0.25, 0.3) is 16.7 Å². The van der Waals surface area contributed by atoms with E-state index in [2.05, 4.69) is 10.3 Å². The first kappa shape index (κ1) is 19.5. The summed E-state index contributed by atoms with van der Waals surface area (Å²) < 4.78 is 6.44. The molecule has 7 nitrogen and oxygen atoms in total. The van der Waals surface area contributed by atoms with Gasteiger partial charge in [-0.3, -0.25) is 14.2 Å². The Labute approximate surface area is 176 Å². The second kappa shape index (κ2) is 7.88. The quantitative estimate of drug-likeness (QED) is 0.519. The minimum atomic E-state index is -0.757. The van der Waals surface area contributed by atoms with Crippen LogP contribution in [0.15, 0.2) is 71.7 Å². The zero-order valence-electron chi connectivity index (χ0n) is 15.8. The topological polar surface area (TPSA) is 93.5 Å². The fraction of sp³-hybridized carbons (Fsp3) is 0.0455. The molecular formula is C22H16ClN3O4. The molecule has 0 aliphatic carbocycles. The van der Waals surface area contributed by atoms with Crippen LogP contribution in [0.3, 0.4) is 0 Å². The number of nitrogens with one attached hydrogen (secondary N) is 1. The minimum Gasteiger partial charge on any atom is -0.506 e. The highest BCUT2D eigenvalue weighted by molar-refractivity contribution is 6.31. The molecule has 4 aromatic rings. The van der Waals surface area contributed by atoms with Gasteiger partial charge in [-0.15, -0.1) is 0 Å². The molecule has 2 N–H and O–H groups in total. The maximum atomic E-state index is 13.3. The summed E-state index contributed by atoms with van der Waals surface area (Å²) >= 11 is 5.96. The van der Waals surface area contributed by atoms with E-state index in [9.17, 15) is 14.7 Å². The number of methoxy groups -OCH3 is 1. The first-order valence-corrected chi connectivity index (χ1v) is 9.31. The van der Waals surface area contributed by atoms with Crippen molar-refractivity contribution in [2.45, 2.75) is 0 Å². The fourth-order valence-electron chi connectivity index (χ4n) is 3.14. The van der Waals surface area contributed by atoms with Gasteiger partial charge in [0.25, 0.3) is 11.5 Å². The van der Waals surface area contributed by atoms with Crippen molar-refractivity contribution in [1.29, 1.82) is 0 Å². The van der Waals surface area contributed by atoms with Crippen molar-refractivity contribution in [1.82, 2.24) is 9.55 Å². The van der Waals surface area contributed by atoms with E-state index in [1.165, 1.54) is 17.9 Å². The number of carbonyl (C=O) groups excluding carboxylic acids is 1. The summed E-state index contributed by atoms with van der Waals surface area (Å²) in [5.41, 5.74) is -0.00551. The van der Waals surface area contributed by atoms with Gasteiger partial charge in [0.1, 0.15) is 17.1 Å². The number of rotatable bonds is 4. The van der Waals surface area contributed by atoms with Gasteiger partial charge in [0.05, 0.1) is 18.2 Å². The largest absolute Gasteiger partial charge is 0.506 e. The van der Waals surface area contributed by atoms with Crippen LogP contribution in [-0.4, -0.2) is 27.7 Å². The Balaban J connectivity index is 1.92. The molecule has 4 rings (SSSR count). The number of ether oxygens (including phenoxy) is 1. The fourth-order valence-corrected chi connectivity index (χ4v) is 3.33. The average Bonchev–Trinajstić information content (AvgIpc) is 2.74. The monoisotopic (exact) mass is 421 g/mol. The maximum Gasteiger partial charge on any atom is 0.273 e. The predicted octanol–water partition coefficient (Wildman–Crippen LogP) is 4.01. The van der Waals surface area contributed by atoms with Gasteiger partial charge in [-0.25, -0.2) is 4.98 Å². The van der Waals surface area contributed by atoms with Crippen LogP contribution in [0.1, 0.15) is 10.4 Å². The number of pyridine rings is 2. The van der Waals surface area contributed by atoms with Gasteiger partial charge >= 0.3 is 0 Å². The van der Waals surface area contributed by atoms with Crippen molar-refractivity contribution in [2.24, 2.45) is 0 Å². The summed E-state index contributed by atoms with van der Waals surface area (Å²) in [5, 5.41) is 14.0. The van der Waals surface area contributed by atoms with Crippen LogP contribution < -0.4 is 15.6 Å². The van der Waals surface area contributed by atoms with E-state index in [0.717, 1.165) is 0 Å². The van der Waals surface area contributed by atoms with E-state index in [0.29, 0.717) is 22.1 Å². The number of hydrogen-bond donors (Lipinski definition) is 2. The van der Waals surface area contributed by atoms with Gasteiger partial charge in [-0.05, 0) is 54.6 Å². The summed E-state index contributed by atoms with van der Waals surface area (Å²) in [6, 6.07) is 16.4. The molecule has 0 unspecified atom stereocenters. The van der Waals surface area contributed by atoms with Gasteiger partial charge in [0.2, 0.25) is 0 Å². The molecule has 0 saturated carbocycles. The van der Waals surface area contributed by atoms with E-state index < -0.39 is 22.8 Å². The standard InChI is InChI=1S/C22H16ClN3O4/c1-30-16-9-7-15(8-10-16)26-20-17(6-3-11-24-20)19(27)18(22(26)29)21(28)25-14-5-2-4-13(23)12-14/h2-12,27H,1H3,(H,25,28). The smallest absolute Gasteiger partial charge is 0.273 e. The van der Waals surface area contributed by atoms with Crippen LogP contribution >= 0.6 is 11.6 Å². The Morgan fingerprint density at radius 2 is 1.90 bits per heavy atom. The SMILES string of the molecule is COc1ccc(-n2c(=O)c(C(=O)Nc3cccc(Cl)c3)c(O)c3cccnc32)cc1. The number of aromatic nitrogens is 2. The molecule has 0 aliphatic heterocycles. The molecule has 0 fully saturated rings. The lowest BCUT2D eigenvalue weighted by molar-refractivity contribution is 0.102. The summed E-state index contributed by atoms with van der Waals surface area (Å²) in [6.07, 6.45) is 1.51. The number of amides is 1. The Morgan fingerprint density at radius 1 is 1.13 bits per heavy atom. The molecule has 0 bridgehead atoms. The molecule has 0 spiro atoms. The number of benzene rings is 2. The van der Waals surface area contributed by atoms with E-state index in [1.807, 2.05) is 0 Å². The Bertz CT molecular complexity index is 1320. The number of anilines is 1. The van der Waals surface area contributed by atoms with Crippen LogP contribution in [0.5, 0.6) is 11.5 Å². The lowest BCUT2D eigenvalue weighted by Crippen LogP contribution is -2.29.